The van der Waals surface area contributed by atoms with Crippen molar-refractivity contribution in [2.45, 2.75) is 6.54 Å². The number of nitrogens with one attached hydrogen (secondary N) is 2. The topological polar surface area (TPSA) is 107 Å². The van der Waals surface area contributed by atoms with Crippen LogP contribution in [0, 0.1) is 0 Å². The van der Waals surface area contributed by atoms with Gasteiger partial charge in [-0.05, 0) is 32.3 Å². The summed E-state index contributed by atoms with van der Waals surface area (Å²) in [4.78, 5) is 31.9. The summed E-state index contributed by atoms with van der Waals surface area (Å²) in [7, 11) is 3.92. The number of nitrogens with zero attached hydrogens (tertiary/aromatic N) is 3. The van der Waals surface area contributed by atoms with Gasteiger partial charge < -0.3 is 25.4 Å². The molecule has 0 saturated heterocycles. The maximum atomic E-state index is 12.9. The lowest BCUT2D eigenvalue weighted by atomic mass is 10.0. The highest BCUT2D eigenvalue weighted by molar-refractivity contribution is 7.81. The number of likely N-dealkylation sites (N-methyl/N-ethyl adjacent to an activating group) is 1. The number of carbonyl (C=O) groups excluding carboxylic acids is 1. The molecule has 3 rings (SSSR count). The Labute approximate surface area is 198 Å². The van der Waals surface area contributed by atoms with Gasteiger partial charge in [-0.15, -0.1) is 0 Å². The summed E-state index contributed by atoms with van der Waals surface area (Å²) < 4.78 is 5.85. The van der Waals surface area contributed by atoms with Crippen molar-refractivity contribution in [1.29, 1.82) is 0 Å². The predicted molar refractivity (Wildman–Crippen MR) is 129 cm³/mol. The molecule has 0 atom stereocenters. The zero-order valence-electron chi connectivity index (χ0n) is 18.6. The second-order valence-electron chi connectivity index (χ2n) is 7.72. The molecule has 1 aliphatic rings. The molecule has 0 bridgehead atoms. The van der Waals surface area contributed by atoms with Crippen LogP contribution in [0.5, 0.6) is 5.75 Å². The van der Waals surface area contributed by atoms with Gasteiger partial charge in [0.05, 0.1) is 24.9 Å². The number of hydrogen-bond donors (Lipinski definition) is 3. The molecule has 0 saturated carbocycles. The van der Waals surface area contributed by atoms with E-state index >= 15 is 0 Å². The van der Waals surface area contributed by atoms with E-state index in [0.29, 0.717) is 24.6 Å². The third kappa shape index (κ3) is 6.74. The highest BCUT2D eigenvalue weighted by Gasteiger charge is 2.31. The van der Waals surface area contributed by atoms with Gasteiger partial charge in [0.2, 0.25) is 0 Å². The lowest BCUT2D eigenvalue weighted by molar-refractivity contribution is -0.116. The highest BCUT2D eigenvalue weighted by atomic mass is 32.1. The van der Waals surface area contributed by atoms with Crippen LogP contribution in [-0.4, -0.2) is 77.1 Å². The van der Waals surface area contributed by atoms with E-state index in [4.69, 9.17) is 17.0 Å². The van der Waals surface area contributed by atoms with Crippen LogP contribution < -0.4 is 15.4 Å². The van der Waals surface area contributed by atoms with Gasteiger partial charge in [0, 0.05) is 36.2 Å². The standard InChI is InChI=1S/C23H27N5O4S/c1-27(2)10-11-32-20-13-24-9-8-16(20)12-25-18-14-28(23(30)31)15-19(29)21(18)22(33)26-17-6-4-3-5-7-17/h3-9,13,25H,10-12,14-15H2,1-2H3,(H,26,33)(H,30,31). The summed E-state index contributed by atoms with van der Waals surface area (Å²) in [6.07, 6.45) is 2.13. The molecule has 1 aromatic heterocycles. The Kier molecular flexibility index (Phi) is 8.34. The number of pyridine rings is 1. The number of thiocarbonyl (C=S) groups is 1. The second kappa shape index (κ2) is 11.4. The number of benzene rings is 1. The van der Waals surface area contributed by atoms with Gasteiger partial charge in [0.1, 0.15) is 17.3 Å². The van der Waals surface area contributed by atoms with E-state index in [1.165, 1.54) is 0 Å². The van der Waals surface area contributed by atoms with Crippen LogP contribution in [-0.2, 0) is 11.3 Å². The first-order valence-corrected chi connectivity index (χ1v) is 10.8. The molecule has 33 heavy (non-hydrogen) atoms. The average Bonchev–Trinajstić information content (AvgIpc) is 2.78. The fraction of sp³-hybridized carbons (Fsp3) is 0.304. The van der Waals surface area contributed by atoms with Gasteiger partial charge >= 0.3 is 6.09 Å². The number of hydrogen-bond acceptors (Lipinski definition) is 7. The number of aromatic nitrogens is 1. The van der Waals surface area contributed by atoms with Crippen molar-refractivity contribution in [2.75, 3.05) is 45.7 Å². The summed E-state index contributed by atoms with van der Waals surface area (Å²) in [5, 5.41) is 15.7. The molecule has 2 heterocycles. The second-order valence-corrected chi connectivity index (χ2v) is 8.13. The number of Topliss-reactive ketones (excluding diaryl/α,β-unsaturated/α-hetero) is 1. The van der Waals surface area contributed by atoms with E-state index in [-0.39, 0.29) is 29.4 Å². The number of carboxylic acid groups (broad SMARTS) is 1. The largest absolute Gasteiger partial charge is 0.490 e. The third-order valence-electron chi connectivity index (χ3n) is 4.95. The lowest BCUT2D eigenvalue weighted by Crippen LogP contribution is -2.46. The summed E-state index contributed by atoms with van der Waals surface area (Å²) in [5.41, 5.74) is 2.31. The Hall–Kier alpha value is -3.50. The van der Waals surface area contributed by atoms with Gasteiger partial charge in [0.15, 0.2) is 5.78 Å². The molecule has 9 nitrogen and oxygen atoms in total. The molecule has 0 radical (unpaired) electrons. The van der Waals surface area contributed by atoms with Crippen LogP contribution in [0.1, 0.15) is 5.56 Å². The molecule has 0 spiro atoms. The maximum Gasteiger partial charge on any atom is 0.408 e. The average molecular weight is 470 g/mol. The molecule has 0 aliphatic carbocycles. The number of carbonyl (C=O) groups is 2. The third-order valence-corrected chi connectivity index (χ3v) is 5.26. The summed E-state index contributed by atoms with van der Waals surface area (Å²) >= 11 is 5.52. The summed E-state index contributed by atoms with van der Waals surface area (Å²) in [5.74, 6) is 0.257. The molecule has 1 amide bonds. The first-order chi connectivity index (χ1) is 15.8. The fourth-order valence-electron chi connectivity index (χ4n) is 3.23. The zero-order valence-corrected chi connectivity index (χ0v) is 19.4. The minimum absolute atomic E-state index is 0.0227. The van der Waals surface area contributed by atoms with Crippen LogP contribution in [0.3, 0.4) is 0 Å². The van der Waals surface area contributed by atoms with E-state index in [1.807, 2.05) is 55.4 Å². The van der Waals surface area contributed by atoms with Crippen molar-refractivity contribution in [3.05, 3.63) is 65.6 Å². The Morgan fingerprint density at radius 2 is 2.00 bits per heavy atom. The molecule has 3 N–H and O–H groups in total. The smallest absolute Gasteiger partial charge is 0.408 e. The molecule has 0 unspecified atom stereocenters. The quantitative estimate of drug-likeness (QED) is 0.477. The lowest BCUT2D eigenvalue weighted by Gasteiger charge is -2.29. The van der Waals surface area contributed by atoms with Gasteiger partial charge in [-0.1, -0.05) is 30.4 Å². The van der Waals surface area contributed by atoms with Crippen molar-refractivity contribution in [3.8, 4) is 5.75 Å². The highest BCUT2D eigenvalue weighted by Crippen LogP contribution is 2.21. The number of anilines is 1. The molecule has 2 aromatic rings. The normalized spacial score (nSPS) is 13.8. The minimum Gasteiger partial charge on any atom is -0.490 e. The summed E-state index contributed by atoms with van der Waals surface area (Å²) in [6, 6.07) is 11.1. The molecule has 174 valence electrons. The fourth-order valence-corrected chi connectivity index (χ4v) is 3.58. The first kappa shape index (κ1) is 24.1. The van der Waals surface area contributed by atoms with Gasteiger partial charge in [-0.2, -0.15) is 0 Å². The molecule has 0 fully saturated rings. The van der Waals surface area contributed by atoms with Crippen molar-refractivity contribution in [2.24, 2.45) is 0 Å². The van der Waals surface area contributed by atoms with Crippen molar-refractivity contribution in [1.82, 2.24) is 20.1 Å². The SMILES string of the molecule is CN(C)CCOc1cnccc1CNC1=C(C(=S)Nc2ccccc2)C(=O)CN(C(=O)O)C1. The number of amides is 1. The Bertz CT molecular complexity index is 1040. The first-order valence-electron chi connectivity index (χ1n) is 10.4. The van der Waals surface area contributed by atoms with Crippen LogP contribution in [0.4, 0.5) is 10.5 Å². The number of rotatable bonds is 9. The Balaban J connectivity index is 1.82. The van der Waals surface area contributed by atoms with Crippen LogP contribution in [0.2, 0.25) is 0 Å². The monoisotopic (exact) mass is 469 g/mol. The van der Waals surface area contributed by atoms with Crippen molar-refractivity contribution < 1.29 is 19.4 Å². The van der Waals surface area contributed by atoms with Crippen LogP contribution >= 0.6 is 12.2 Å². The van der Waals surface area contributed by atoms with Crippen LogP contribution in [0.15, 0.2) is 60.1 Å². The zero-order chi connectivity index (χ0) is 23.8. The molecule has 10 heteroatoms. The van der Waals surface area contributed by atoms with E-state index in [1.54, 1.807) is 12.4 Å². The minimum atomic E-state index is -1.17. The van der Waals surface area contributed by atoms with Crippen molar-refractivity contribution in [3.63, 3.8) is 0 Å². The predicted octanol–water partition coefficient (Wildman–Crippen LogP) is 2.37. The molecular weight excluding hydrogens is 442 g/mol. The van der Waals surface area contributed by atoms with Crippen LogP contribution in [0.25, 0.3) is 0 Å². The van der Waals surface area contributed by atoms with E-state index in [2.05, 4.69) is 15.6 Å². The van der Waals surface area contributed by atoms with Gasteiger partial charge in [-0.3, -0.25) is 14.7 Å². The molecular formula is C23H27N5O4S. The number of ether oxygens (including phenoxy) is 1. The van der Waals surface area contributed by atoms with Gasteiger partial charge in [0.25, 0.3) is 0 Å². The number of ketones is 1. The Morgan fingerprint density at radius 3 is 2.70 bits per heavy atom. The van der Waals surface area contributed by atoms with E-state index < -0.39 is 6.09 Å². The van der Waals surface area contributed by atoms with Gasteiger partial charge in [-0.25, -0.2) is 4.79 Å². The van der Waals surface area contributed by atoms with E-state index in [0.717, 1.165) is 22.7 Å². The molecule has 1 aliphatic heterocycles. The van der Waals surface area contributed by atoms with Crippen molar-refractivity contribution >= 4 is 34.8 Å². The van der Waals surface area contributed by atoms with E-state index in [9.17, 15) is 14.7 Å². The summed E-state index contributed by atoms with van der Waals surface area (Å²) in [6.45, 7) is 1.33. The maximum absolute atomic E-state index is 12.9. The Morgan fingerprint density at radius 1 is 1.24 bits per heavy atom. The number of para-hydroxylation sites is 1. The molecule has 1 aromatic carbocycles.